The number of benzene rings is 1. The van der Waals surface area contributed by atoms with Gasteiger partial charge in [0.25, 0.3) is 0 Å². The summed E-state index contributed by atoms with van der Waals surface area (Å²) in [6.45, 7) is 4.23. The van der Waals surface area contributed by atoms with E-state index in [1.807, 2.05) is 6.92 Å². The molecule has 0 radical (unpaired) electrons. The largest absolute Gasteiger partial charge is 0.328 e. The molecule has 0 aliphatic carbocycles. The van der Waals surface area contributed by atoms with Gasteiger partial charge >= 0.3 is 0 Å². The molecule has 66 valence electrons. The van der Waals surface area contributed by atoms with Gasteiger partial charge in [0.1, 0.15) is 0 Å². The average Bonchev–Trinajstić information content (AvgIpc) is 2.04. The molecule has 0 saturated heterocycles. The summed E-state index contributed by atoms with van der Waals surface area (Å²) in [7, 11) is 0. The van der Waals surface area contributed by atoms with E-state index in [0.29, 0.717) is 0 Å². The molecule has 1 aromatic carbocycles. The first kappa shape index (κ1) is 9.27. The molecule has 1 heteroatoms. The van der Waals surface area contributed by atoms with E-state index in [4.69, 9.17) is 5.73 Å². The van der Waals surface area contributed by atoms with Crippen LogP contribution in [0.1, 0.15) is 25.0 Å². The molecule has 0 bridgehead atoms. The van der Waals surface area contributed by atoms with Gasteiger partial charge in [0, 0.05) is 6.04 Å². The van der Waals surface area contributed by atoms with Gasteiger partial charge in [0.15, 0.2) is 0 Å². The number of rotatable bonds is 3. The number of hydrogen-bond donors (Lipinski definition) is 1. The predicted octanol–water partition coefficient (Wildman–Crippen LogP) is 2.14. The van der Waals surface area contributed by atoms with Crippen molar-refractivity contribution in [2.75, 3.05) is 0 Å². The van der Waals surface area contributed by atoms with Gasteiger partial charge in [-0.05, 0) is 30.9 Å². The van der Waals surface area contributed by atoms with Crippen molar-refractivity contribution in [3.05, 3.63) is 35.4 Å². The Bertz CT molecular complexity index is 241. The van der Waals surface area contributed by atoms with Crippen LogP contribution < -0.4 is 5.73 Å². The normalized spacial score (nSPS) is 12.9. The third-order valence-corrected chi connectivity index (χ3v) is 2.04. The lowest BCUT2D eigenvalue weighted by atomic mass is 10.00. The SMILES string of the molecule is CCc1ccccc1C[C@H](C)N. The van der Waals surface area contributed by atoms with E-state index in [1.165, 1.54) is 11.1 Å². The van der Waals surface area contributed by atoms with E-state index in [1.54, 1.807) is 0 Å². The minimum Gasteiger partial charge on any atom is -0.328 e. The maximum Gasteiger partial charge on any atom is 0.00510 e. The molecular formula is C11H17N. The van der Waals surface area contributed by atoms with Crippen LogP contribution in [0.25, 0.3) is 0 Å². The lowest BCUT2D eigenvalue weighted by Crippen LogP contribution is -2.18. The predicted molar refractivity (Wildman–Crippen MR) is 53.2 cm³/mol. The van der Waals surface area contributed by atoms with Crippen LogP contribution in [-0.4, -0.2) is 6.04 Å². The highest BCUT2D eigenvalue weighted by Gasteiger charge is 2.01. The summed E-state index contributed by atoms with van der Waals surface area (Å²) in [6.07, 6.45) is 2.09. The molecule has 12 heavy (non-hydrogen) atoms. The molecular weight excluding hydrogens is 146 g/mol. The van der Waals surface area contributed by atoms with Crippen LogP contribution in [0.4, 0.5) is 0 Å². The molecule has 0 fully saturated rings. The Balaban J connectivity index is 2.82. The topological polar surface area (TPSA) is 26.0 Å². The Morgan fingerprint density at radius 3 is 2.33 bits per heavy atom. The molecule has 1 nitrogen and oxygen atoms in total. The zero-order chi connectivity index (χ0) is 8.97. The number of aryl methyl sites for hydroxylation is 1. The van der Waals surface area contributed by atoms with E-state index in [9.17, 15) is 0 Å². The summed E-state index contributed by atoms with van der Waals surface area (Å²) in [5, 5.41) is 0. The van der Waals surface area contributed by atoms with Crippen molar-refractivity contribution in [1.29, 1.82) is 0 Å². The standard InChI is InChI=1S/C11H17N/c1-3-10-6-4-5-7-11(10)8-9(2)12/h4-7,9H,3,8,12H2,1-2H3/t9-/m0/s1. The second-order valence-corrected chi connectivity index (χ2v) is 3.30. The van der Waals surface area contributed by atoms with Crippen molar-refractivity contribution in [2.45, 2.75) is 32.7 Å². The van der Waals surface area contributed by atoms with Gasteiger partial charge in [-0.3, -0.25) is 0 Å². The third kappa shape index (κ3) is 2.35. The minimum absolute atomic E-state index is 0.262. The first-order valence-electron chi connectivity index (χ1n) is 4.56. The maximum atomic E-state index is 5.75. The first-order chi connectivity index (χ1) is 5.74. The highest BCUT2D eigenvalue weighted by atomic mass is 14.6. The van der Waals surface area contributed by atoms with Crippen LogP contribution >= 0.6 is 0 Å². The second kappa shape index (κ2) is 4.27. The Morgan fingerprint density at radius 2 is 1.83 bits per heavy atom. The Hall–Kier alpha value is -0.820. The van der Waals surface area contributed by atoms with Crippen LogP contribution in [0.3, 0.4) is 0 Å². The van der Waals surface area contributed by atoms with E-state index in [2.05, 4.69) is 31.2 Å². The van der Waals surface area contributed by atoms with Crippen LogP contribution in [0.5, 0.6) is 0 Å². The molecule has 2 N–H and O–H groups in total. The Labute approximate surface area is 74.6 Å². The van der Waals surface area contributed by atoms with E-state index >= 15 is 0 Å². The summed E-state index contributed by atoms with van der Waals surface area (Å²) < 4.78 is 0. The van der Waals surface area contributed by atoms with Gasteiger partial charge in [0.05, 0.1) is 0 Å². The summed E-state index contributed by atoms with van der Waals surface area (Å²) in [5.41, 5.74) is 8.57. The zero-order valence-corrected chi connectivity index (χ0v) is 7.88. The van der Waals surface area contributed by atoms with Crippen LogP contribution in [0, 0.1) is 0 Å². The molecule has 0 aromatic heterocycles. The molecule has 0 aliphatic rings. The highest BCUT2D eigenvalue weighted by Crippen LogP contribution is 2.10. The monoisotopic (exact) mass is 163 g/mol. The second-order valence-electron chi connectivity index (χ2n) is 3.30. The van der Waals surface area contributed by atoms with Crippen LogP contribution in [0.2, 0.25) is 0 Å². The van der Waals surface area contributed by atoms with Gasteiger partial charge in [-0.25, -0.2) is 0 Å². The first-order valence-corrected chi connectivity index (χ1v) is 4.56. The number of hydrogen-bond acceptors (Lipinski definition) is 1. The van der Waals surface area contributed by atoms with Crippen molar-refractivity contribution in [1.82, 2.24) is 0 Å². The van der Waals surface area contributed by atoms with Gasteiger partial charge in [-0.2, -0.15) is 0 Å². The van der Waals surface area contributed by atoms with Crippen molar-refractivity contribution in [3.63, 3.8) is 0 Å². The fourth-order valence-electron chi connectivity index (χ4n) is 1.45. The van der Waals surface area contributed by atoms with Crippen molar-refractivity contribution < 1.29 is 0 Å². The van der Waals surface area contributed by atoms with Crippen LogP contribution in [0.15, 0.2) is 24.3 Å². The lowest BCUT2D eigenvalue weighted by molar-refractivity contribution is 0.732. The van der Waals surface area contributed by atoms with Crippen molar-refractivity contribution in [3.8, 4) is 0 Å². The molecule has 1 rings (SSSR count). The van der Waals surface area contributed by atoms with Crippen LogP contribution in [-0.2, 0) is 12.8 Å². The summed E-state index contributed by atoms with van der Waals surface area (Å²) >= 11 is 0. The lowest BCUT2D eigenvalue weighted by Gasteiger charge is -2.09. The van der Waals surface area contributed by atoms with E-state index in [0.717, 1.165) is 12.8 Å². The Morgan fingerprint density at radius 1 is 1.25 bits per heavy atom. The smallest absolute Gasteiger partial charge is 0.00510 e. The quantitative estimate of drug-likeness (QED) is 0.726. The molecule has 0 unspecified atom stereocenters. The third-order valence-electron chi connectivity index (χ3n) is 2.04. The molecule has 0 amide bonds. The summed E-state index contributed by atoms with van der Waals surface area (Å²) in [4.78, 5) is 0. The molecule has 1 atom stereocenters. The fraction of sp³-hybridized carbons (Fsp3) is 0.455. The molecule has 0 saturated carbocycles. The van der Waals surface area contributed by atoms with Gasteiger partial charge in [-0.15, -0.1) is 0 Å². The number of nitrogens with two attached hydrogens (primary N) is 1. The van der Waals surface area contributed by atoms with E-state index in [-0.39, 0.29) is 6.04 Å². The molecule has 0 heterocycles. The van der Waals surface area contributed by atoms with Crippen molar-refractivity contribution in [2.24, 2.45) is 5.73 Å². The minimum atomic E-state index is 0.262. The van der Waals surface area contributed by atoms with Gasteiger partial charge < -0.3 is 5.73 Å². The average molecular weight is 163 g/mol. The Kier molecular flexibility index (Phi) is 3.30. The molecule has 0 spiro atoms. The van der Waals surface area contributed by atoms with E-state index < -0.39 is 0 Å². The summed E-state index contributed by atoms with van der Waals surface area (Å²) in [5.74, 6) is 0. The van der Waals surface area contributed by atoms with Crippen molar-refractivity contribution >= 4 is 0 Å². The maximum absolute atomic E-state index is 5.75. The molecule has 0 aliphatic heterocycles. The van der Waals surface area contributed by atoms with Gasteiger partial charge in [-0.1, -0.05) is 31.2 Å². The molecule has 1 aromatic rings. The zero-order valence-electron chi connectivity index (χ0n) is 7.88. The highest BCUT2D eigenvalue weighted by molar-refractivity contribution is 5.27. The summed E-state index contributed by atoms with van der Waals surface area (Å²) in [6, 6.07) is 8.78. The van der Waals surface area contributed by atoms with Gasteiger partial charge in [0.2, 0.25) is 0 Å². The fourth-order valence-corrected chi connectivity index (χ4v) is 1.45.